The second-order valence-corrected chi connectivity index (χ2v) is 6.71. The first-order chi connectivity index (χ1) is 12.1. The Morgan fingerprint density at radius 2 is 1.96 bits per heavy atom. The molecule has 6 nitrogen and oxygen atoms in total. The number of carbonyl (C=O) groups excluding carboxylic acids is 2. The van der Waals surface area contributed by atoms with Crippen molar-refractivity contribution >= 4 is 40.6 Å². The van der Waals surface area contributed by atoms with E-state index in [2.05, 4.69) is 20.8 Å². The normalized spacial score (nSPS) is 10.8. The van der Waals surface area contributed by atoms with Crippen molar-refractivity contribution in [1.82, 2.24) is 20.8 Å². The number of aryl methyl sites for hydroxylation is 1. The Morgan fingerprint density at radius 1 is 1.16 bits per heavy atom. The minimum absolute atomic E-state index is 0.396. The lowest BCUT2D eigenvalue weighted by molar-refractivity contribution is -0.117. The van der Waals surface area contributed by atoms with E-state index in [9.17, 15) is 9.59 Å². The van der Waals surface area contributed by atoms with Gasteiger partial charge in [0.25, 0.3) is 11.8 Å². The van der Waals surface area contributed by atoms with Gasteiger partial charge in [0.15, 0.2) is 0 Å². The van der Waals surface area contributed by atoms with Crippen LogP contribution in [0.15, 0.2) is 47.3 Å². The number of hydrogen-bond acceptors (Lipinski definition) is 6. The zero-order valence-electron chi connectivity index (χ0n) is 13.2. The van der Waals surface area contributed by atoms with E-state index in [0.29, 0.717) is 16.3 Å². The monoisotopic (exact) mass is 370 g/mol. The first-order valence-corrected chi connectivity index (χ1v) is 9.09. The molecule has 2 aromatic heterocycles. The fraction of sp³-hybridized carbons (Fsp3) is 0.0588. The molecule has 0 aliphatic rings. The van der Waals surface area contributed by atoms with Crippen LogP contribution in [-0.4, -0.2) is 21.8 Å². The van der Waals surface area contributed by atoms with Crippen LogP contribution in [0.2, 0.25) is 0 Å². The van der Waals surface area contributed by atoms with Crippen LogP contribution in [0.4, 0.5) is 0 Å². The summed E-state index contributed by atoms with van der Waals surface area (Å²) in [5, 5.41) is 2.58. The fourth-order valence-corrected chi connectivity index (χ4v) is 3.48. The van der Waals surface area contributed by atoms with Crippen LogP contribution in [0.3, 0.4) is 0 Å². The molecule has 0 aliphatic carbocycles. The molecule has 0 fully saturated rings. The summed E-state index contributed by atoms with van der Waals surface area (Å²) in [5.74, 6) is -0.834. The maximum Gasteiger partial charge on any atom is 0.281 e. The number of carbonyl (C=O) groups is 2. The standard InChI is InChI=1S/C17H14N4O2S2/c1-11-15(25-17(19-11)12-5-3-2-4-6-12)16(23)21-20-14(22)8-7-13-9-24-10-18-13/h2-10H,1H3,(H,20,22)(H,21,23)/b8-7+. The Bertz CT molecular complexity index is 902. The second-order valence-electron chi connectivity index (χ2n) is 4.99. The number of nitrogens with zero attached hydrogens (tertiary/aromatic N) is 2. The Hall–Kier alpha value is -2.84. The van der Waals surface area contributed by atoms with E-state index in [1.54, 1.807) is 18.5 Å². The first-order valence-electron chi connectivity index (χ1n) is 7.33. The fourth-order valence-electron chi connectivity index (χ4n) is 1.99. The van der Waals surface area contributed by atoms with Gasteiger partial charge >= 0.3 is 0 Å². The van der Waals surface area contributed by atoms with Gasteiger partial charge in [-0.25, -0.2) is 9.97 Å². The largest absolute Gasteiger partial charge is 0.281 e. The summed E-state index contributed by atoms with van der Waals surface area (Å²) >= 11 is 2.72. The zero-order chi connectivity index (χ0) is 17.6. The average molecular weight is 370 g/mol. The number of aromatic nitrogens is 2. The molecule has 2 heterocycles. The van der Waals surface area contributed by atoms with Gasteiger partial charge in [-0.05, 0) is 13.0 Å². The van der Waals surface area contributed by atoms with Crippen molar-refractivity contribution in [1.29, 1.82) is 0 Å². The number of amides is 2. The third-order valence-corrected chi connectivity index (χ3v) is 4.99. The molecule has 0 atom stereocenters. The summed E-state index contributed by atoms with van der Waals surface area (Å²) in [6, 6.07) is 9.63. The molecular weight excluding hydrogens is 356 g/mol. The Morgan fingerprint density at radius 3 is 2.68 bits per heavy atom. The smallest absolute Gasteiger partial charge is 0.268 e. The quantitative estimate of drug-likeness (QED) is 0.546. The molecule has 0 unspecified atom stereocenters. The SMILES string of the molecule is Cc1nc(-c2ccccc2)sc1C(=O)NNC(=O)/C=C/c1cscn1. The molecule has 126 valence electrons. The van der Waals surface area contributed by atoms with Crippen LogP contribution in [0, 0.1) is 6.92 Å². The number of nitrogens with one attached hydrogen (secondary N) is 2. The predicted octanol–water partition coefficient (Wildman–Crippen LogP) is 3.05. The van der Waals surface area contributed by atoms with Crippen molar-refractivity contribution in [3.8, 4) is 10.6 Å². The highest BCUT2D eigenvalue weighted by atomic mass is 32.1. The van der Waals surface area contributed by atoms with E-state index in [-0.39, 0.29) is 0 Å². The van der Waals surface area contributed by atoms with E-state index in [0.717, 1.165) is 10.6 Å². The molecule has 0 aliphatic heterocycles. The van der Waals surface area contributed by atoms with E-state index >= 15 is 0 Å². The lowest BCUT2D eigenvalue weighted by Crippen LogP contribution is -2.40. The summed E-state index contributed by atoms with van der Waals surface area (Å²) in [6.45, 7) is 1.77. The average Bonchev–Trinajstić information content (AvgIpc) is 3.28. The van der Waals surface area contributed by atoms with Crippen LogP contribution in [0.25, 0.3) is 16.6 Å². The van der Waals surface area contributed by atoms with Crippen LogP contribution in [0.5, 0.6) is 0 Å². The van der Waals surface area contributed by atoms with E-state index < -0.39 is 11.8 Å². The van der Waals surface area contributed by atoms with Gasteiger partial charge in [-0.3, -0.25) is 20.4 Å². The van der Waals surface area contributed by atoms with E-state index in [4.69, 9.17) is 0 Å². The summed E-state index contributed by atoms with van der Waals surface area (Å²) in [6.07, 6.45) is 2.88. The molecule has 0 spiro atoms. The number of hydrogen-bond donors (Lipinski definition) is 2. The maximum atomic E-state index is 12.3. The van der Waals surface area contributed by atoms with Gasteiger partial charge in [0.05, 0.1) is 16.9 Å². The molecule has 1 aromatic carbocycles. The van der Waals surface area contributed by atoms with Crippen LogP contribution in [-0.2, 0) is 4.79 Å². The summed E-state index contributed by atoms with van der Waals surface area (Å²) in [5.41, 5.74) is 8.68. The third kappa shape index (κ3) is 4.37. The van der Waals surface area contributed by atoms with Crippen molar-refractivity contribution in [2.75, 3.05) is 0 Å². The maximum absolute atomic E-state index is 12.3. The molecule has 2 amide bonds. The minimum atomic E-state index is -0.438. The number of thiazole rings is 2. The molecule has 2 N–H and O–H groups in total. The van der Waals surface area contributed by atoms with Crippen molar-refractivity contribution < 1.29 is 9.59 Å². The molecule has 0 radical (unpaired) electrons. The summed E-state index contributed by atoms with van der Waals surface area (Å²) in [4.78, 5) is 32.9. The van der Waals surface area contributed by atoms with Gasteiger partial charge < -0.3 is 0 Å². The highest BCUT2D eigenvalue weighted by molar-refractivity contribution is 7.17. The topological polar surface area (TPSA) is 84.0 Å². The number of rotatable bonds is 4. The van der Waals surface area contributed by atoms with Crippen molar-refractivity contribution in [3.63, 3.8) is 0 Å². The summed E-state index contributed by atoms with van der Waals surface area (Å²) < 4.78 is 0. The van der Waals surface area contributed by atoms with Gasteiger partial charge in [-0.15, -0.1) is 22.7 Å². The van der Waals surface area contributed by atoms with Crippen molar-refractivity contribution in [2.45, 2.75) is 6.92 Å². The highest BCUT2D eigenvalue weighted by Gasteiger charge is 2.16. The molecule has 8 heteroatoms. The number of hydrazine groups is 1. The highest BCUT2D eigenvalue weighted by Crippen LogP contribution is 2.27. The van der Waals surface area contributed by atoms with Crippen LogP contribution >= 0.6 is 22.7 Å². The third-order valence-electron chi connectivity index (χ3n) is 3.18. The van der Waals surface area contributed by atoms with Crippen LogP contribution in [0.1, 0.15) is 21.1 Å². The summed E-state index contributed by atoms with van der Waals surface area (Å²) in [7, 11) is 0. The molecule has 3 rings (SSSR count). The van der Waals surface area contributed by atoms with Crippen LogP contribution < -0.4 is 10.9 Å². The minimum Gasteiger partial charge on any atom is -0.268 e. The number of benzene rings is 1. The van der Waals surface area contributed by atoms with E-state index in [1.165, 1.54) is 28.7 Å². The molecule has 0 saturated heterocycles. The van der Waals surface area contributed by atoms with Gasteiger partial charge in [-0.1, -0.05) is 30.3 Å². The second kappa shape index (κ2) is 7.82. The van der Waals surface area contributed by atoms with Gasteiger partial charge in [0.2, 0.25) is 0 Å². The molecule has 0 bridgehead atoms. The van der Waals surface area contributed by atoms with Gasteiger partial charge in [0, 0.05) is 17.0 Å². The first kappa shape index (κ1) is 17.0. The van der Waals surface area contributed by atoms with Crippen molar-refractivity contribution in [2.24, 2.45) is 0 Å². The Labute approximate surface area is 152 Å². The lowest BCUT2D eigenvalue weighted by atomic mass is 10.2. The lowest BCUT2D eigenvalue weighted by Gasteiger charge is -2.03. The zero-order valence-corrected chi connectivity index (χ0v) is 14.9. The molecule has 3 aromatic rings. The van der Waals surface area contributed by atoms with Crippen molar-refractivity contribution in [3.05, 3.63) is 63.6 Å². The van der Waals surface area contributed by atoms with Gasteiger partial charge in [-0.2, -0.15) is 0 Å². The van der Waals surface area contributed by atoms with Gasteiger partial charge in [0.1, 0.15) is 9.88 Å². The Balaban J connectivity index is 1.62. The molecular formula is C17H14N4O2S2. The molecule has 25 heavy (non-hydrogen) atoms. The predicted molar refractivity (Wildman–Crippen MR) is 99.0 cm³/mol. The Kier molecular flexibility index (Phi) is 5.32. The molecule has 0 saturated carbocycles. The van der Waals surface area contributed by atoms with E-state index in [1.807, 2.05) is 35.7 Å².